The van der Waals surface area contributed by atoms with Crippen molar-refractivity contribution < 1.29 is 14.3 Å². The molecular formula is C21H26N2O3. The van der Waals surface area contributed by atoms with E-state index in [1.54, 1.807) is 0 Å². The molecule has 0 radical (unpaired) electrons. The van der Waals surface area contributed by atoms with E-state index in [1.165, 1.54) is 10.6 Å². The lowest BCUT2D eigenvalue weighted by atomic mass is 9.80. The number of allylic oxidation sites excluding steroid dienone is 2. The lowest BCUT2D eigenvalue weighted by Crippen LogP contribution is -2.41. The smallest absolute Gasteiger partial charge is 0.238 e. The molecule has 2 aliphatic heterocycles. The first kappa shape index (κ1) is 17.3. The van der Waals surface area contributed by atoms with Gasteiger partial charge in [-0.25, -0.2) is 0 Å². The minimum Gasteiger partial charge on any atom is -0.378 e. The molecule has 138 valence electrons. The van der Waals surface area contributed by atoms with Crippen molar-refractivity contribution in [3.05, 3.63) is 41.6 Å². The van der Waals surface area contributed by atoms with Gasteiger partial charge < -0.3 is 9.64 Å². The molecular weight excluding hydrogens is 328 g/mol. The van der Waals surface area contributed by atoms with Crippen LogP contribution in [0.2, 0.25) is 0 Å². The summed E-state index contributed by atoms with van der Waals surface area (Å²) < 4.78 is 5.48. The van der Waals surface area contributed by atoms with Gasteiger partial charge in [-0.2, -0.15) is 0 Å². The standard InChI is InChI=1S/C21H26N2O3/c1-15-6-8-16(9-7-15)23-20(24)14-18(21(23)25)17-4-2-3-5-19(17)22-10-12-26-13-11-22/h5-9,17-18H,2-4,10-14H2,1H3/t17-,18+/m0/s1. The lowest BCUT2D eigenvalue weighted by molar-refractivity contribution is -0.123. The summed E-state index contributed by atoms with van der Waals surface area (Å²) in [4.78, 5) is 29.6. The second kappa shape index (κ2) is 7.23. The fourth-order valence-corrected chi connectivity index (χ4v) is 4.41. The van der Waals surface area contributed by atoms with Crippen LogP contribution in [0.25, 0.3) is 0 Å². The zero-order chi connectivity index (χ0) is 18.1. The first-order valence-electron chi connectivity index (χ1n) is 9.61. The summed E-state index contributed by atoms with van der Waals surface area (Å²) in [6, 6.07) is 7.63. The van der Waals surface area contributed by atoms with Gasteiger partial charge in [-0.1, -0.05) is 23.8 Å². The van der Waals surface area contributed by atoms with Crippen molar-refractivity contribution in [2.75, 3.05) is 31.2 Å². The number of ether oxygens (including phenoxy) is 1. The number of benzene rings is 1. The Morgan fingerprint density at radius 1 is 1.04 bits per heavy atom. The van der Waals surface area contributed by atoms with Crippen LogP contribution < -0.4 is 4.90 Å². The van der Waals surface area contributed by atoms with Crippen molar-refractivity contribution in [3.63, 3.8) is 0 Å². The third-order valence-electron chi connectivity index (χ3n) is 5.79. The van der Waals surface area contributed by atoms with Gasteiger partial charge in [-0.05, 0) is 38.3 Å². The van der Waals surface area contributed by atoms with Gasteiger partial charge in [0.2, 0.25) is 11.8 Å². The molecule has 26 heavy (non-hydrogen) atoms. The normalized spacial score (nSPS) is 27.0. The molecule has 3 aliphatic rings. The SMILES string of the molecule is Cc1ccc(N2C(=O)C[C@H]([C@@H]3CCCC=C3N3CCOCC3)C2=O)cc1. The third-order valence-corrected chi connectivity index (χ3v) is 5.79. The minimum absolute atomic E-state index is 0.0371. The van der Waals surface area contributed by atoms with Gasteiger partial charge in [0.1, 0.15) is 0 Å². The number of hydrogen-bond acceptors (Lipinski definition) is 4. The Balaban J connectivity index is 1.57. The molecule has 5 heteroatoms. The molecule has 0 saturated carbocycles. The summed E-state index contributed by atoms with van der Waals surface area (Å²) in [6.45, 7) is 5.22. The van der Waals surface area contributed by atoms with E-state index in [0.29, 0.717) is 12.1 Å². The highest BCUT2D eigenvalue weighted by Gasteiger charge is 2.45. The number of imide groups is 1. The van der Waals surface area contributed by atoms with Crippen LogP contribution in [0.3, 0.4) is 0 Å². The second-order valence-corrected chi connectivity index (χ2v) is 7.48. The first-order chi connectivity index (χ1) is 12.6. The fourth-order valence-electron chi connectivity index (χ4n) is 4.41. The van der Waals surface area contributed by atoms with E-state index in [2.05, 4.69) is 11.0 Å². The number of hydrogen-bond donors (Lipinski definition) is 0. The molecule has 1 aromatic carbocycles. The molecule has 0 spiro atoms. The highest BCUT2D eigenvalue weighted by molar-refractivity contribution is 6.21. The molecule has 0 bridgehead atoms. The minimum atomic E-state index is -0.238. The molecule has 4 rings (SSSR count). The molecule has 5 nitrogen and oxygen atoms in total. The van der Waals surface area contributed by atoms with E-state index >= 15 is 0 Å². The van der Waals surface area contributed by atoms with E-state index in [0.717, 1.165) is 51.1 Å². The number of morpholine rings is 1. The van der Waals surface area contributed by atoms with E-state index in [4.69, 9.17) is 4.74 Å². The molecule has 1 aliphatic carbocycles. The van der Waals surface area contributed by atoms with Crippen LogP contribution in [0.1, 0.15) is 31.2 Å². The summed E-state index contributed by atoms with van der Waals surface area (Å²) in [5, 5.41) is 0. The molecule has 2 atom stereocenters. The highest BCUT2D eigenvalue weighted by atomic mass is 16.5. The Hall–Kier alpha value is -2.14. The lowest BCUT2D eigenvalue weighted by Gasteiger charge is -2.38. The van der Waals surface area contributed by atoms with Crippen molar-refractivity contribution in [3.8, 4) is 0 Å². The molecule has 1 aromatic rings. The van der Waals surface area contributed by atoms with E-state index in [1.807, 2.05) is 31.2 Å². The van der Waals surface area contributed by atoms with Crippen molar-refractivity contribution in [2.45, 2.75) is 32.6 Å². The van der Waals surface area contributed by atoms with Gasteiger partial charge in [0.05, 0.1) is 24.8 Å². The van der Waals surface area contributed by atoms with Gasteiger partial charge >= 0.3 is 0 Å². The Bertz CT molecular complexity index is 719. The zero-order valence-corrected chi connectivity index (χ0v) is 15.3. The summed E-state index contributed by atoms with van der Waals surface area (Å²) in [5.41, 5.74) is 3.08. The van der Waals surface area contributed by atoms with E-state index < -0.39 is 0 Å². The van der Waals surface area contributed by atoms with Crippen LogP contribution in [-0.4, -0.2) is 43.0 Å². The number of nitrogens with zero attached hydrogens (tertiary/aromatic N) is 2. The number of aryl methyl sites for hydroxylation is 1. The van der Waals surface area contributed by atoms with Gasteiger partial charge in [0.15, 0.2) is 0 Å². The maximum atomic E-state index is 13.2. The maximum absolute atomic E-state index is 13.2. The topological polar surface area (TPSA) is 49.9 Å². The van der Waals surface area contributed by atoms with E-state index in [9.17, 15) is 9.59 Å². The number of carbonyl (C=O) groups is 2. The van der Waals surface area contributed by atoms with Crippen LogP contribution >= 0.6 is 0 Å². The van der Waals surface area contributed by atoms with Gasteiger partial charge in [-0.15, -0.1) is 0 Å². The van der Waals surface area contributed by atoms with Crippen molar-refractivity contribution in [1.82, 2.24) is 4.90 Å². The van der Waals surface area contributed by atoms with Gasteiger partial charge in [0, 0.05) is 31.1 Å². The predicted molar refractivity (Wildman–Crippen MR) is 99.6 cm³/mol. The Labute approximate surface area is 154 Å². The summed E-state index contributed by atoms with van der Waals surface area (Å²) >= 11 is 0. The average Bonchev–Trinajstić information content (AvgIpc) is 2.97. The van der Waals surface area contributed by atoms with Crippen LogP contribution in [0.4, 0.5) is 5.69 Å². The van der Waals surface area contributed by atoms with Crippen molar-refractivity contribution in [2.24, 2.45) is 11.8 Å². The Morgan fingerprint density at radius 3 is 2.50 bits per heavy atom. The maximum Gasteiger partial charge on any atom is 0.238 e. The monoisotopic (exact) mass is 354 g/mol. The molecule has 0 unspecified atom stereocenters. The number of carbonyl (C=O) groups excluding carboxylic acids is 2. The van der Waals surface area contributed by atoms with Gasteiger partial charge in [-0.3, -0.25) is 14.5 Å². The fraction of sp³-hybridized carbons (Fsp3) is 0.524. The summed E-state index contributed by atoms with van der Waals surface area (Å²) in [5.74, 6) is -0.201. The summed E-state index contributed by atoms with van der Waals surface area (Å²) in [7, 11) is 0. The Morgan fingerprint density at radius 2 is 1.77 bits per heavy atom. The molecule has 0 N–H and O–H groups in total. The molecule has 2 amide bonds. The largest absolute Gasteiger partial charge is 0.378 e. The first-order valence-corrected chi connectivity index (χ1v) is 9.61. The number of anilines is 1. The average molecular weight is 354 g/mol. The molecule has 2 fully saturated rings. The molecule has 2 saturated heterocycles. The quantitative estimate of drug-likeness (QED) is 0.783. The number of rotatable bonds is 3. The molecule has 2 heterocycles. The van der Waals surface area contributed by atoms with Crippen LogP contribution in [-0.2, 0) is 14.3 Å². The van der Waals surface area contributed by atoms with Crippen LogP contribution in [0.15, 0.2) is 36.0 Å². The molecule has 0 aromatic heterocycles. The van der Waals surface area contributed by atoms with E-state index in [-0.39, 0.29) is 23.7 Å². The van der Waals surface area contributed by atoms with Gasteiger partial charge in [0.25, 0.3) is 0 Å². The predicted octanol–water partition coefficient (Wildman–Crippen LogP) is 2.89. The number of amides is 2. The van der Waals surface area contributed by atoms with Crippen LogP contribution in [0.5, 0.6) is 0 Å². The third kappa shape index (κ3) is 3.16. The second-order valence-electron chi connectivity index (χ2n) is 7.48. The highest BCUT2D eigenvalue weighted by Crippen LogP contribution is 2.40. The zero-order valence-electron chi connectivity index (χ0n) is 15.3. The van der Waals surface area contributed by atoms with Crippen molar-refractivity contribution in [1.29, 1.82) is 0 Å². The van der Waals surface area contributed by atoms with Crippen LogP contribution in [0, 0.1) is 18.8 Å². The summed E-state index contributed by atoms with van der Waals surface area (Å²) in [6.07, 6.45) is 5.72. The van der Waals surface area contributed by atoms with Crippen molar-refractivity contribution >= 4 is 17.5 Å². The Kier molecular flexibility index (Phi) is 4.81.